The highest BCUT2D eigenvalue weighted by molar-refractivity contribution is 5.77. The van der Waals surface area contributed by atoms with Crippen LogP contribution in [0, 0.1) is 0 Å². The Morgan fingerprint density at radius 3 is 2.47 bits per heavy atom. The van der Waals surface area contributed by atoms with E-state index in [1.807, 2.05) is 23.1 Å². The maximum atomic E-state index is 13.0. The normalized spacial score (nSPS) is 15.4. The van der Waals surface area contributed by atoms with Crippen molar-refractivity contribution in [3.63, 3.8) is 0 Å². The average Bonchev–Trinajstić information content (AvgIpc) is 3.10. The molecule has 0 radical (unpaired) electrons. The Bertz CT molecular complexity index is 1110. The number of hydrogen-bond donors (Lipinski definition) is 1. The van der Waals surface area contributed by atoms with E-state index in [-0.39, 0.29) is 5.69 Å². The molecule has 0 amide bonds. The van der Waals surface area contributed by atoms with Crippen molar-refractivity contribution in [2.45, 2.75) is 25.6 Å². The van der Waals surface area contributed by atoms with Crippen molar-refractivity contribution in [2.24, 2.45) is 0 Å². The number of aromatic amines is 1. The number of halogens is 3. The molecule has 0 bridgehead atoms. The fourth-order valence-electron chi connectivity index (χ4n) is 4.20. The summed E-state index contributed by atoms with van der Waals surface area (Å²) in [5.74, 6) is 0.712. The van der Waals surface area contributed by atoms with Gasteiger partial charge in [0.1, 0.15) is 5.75 Å². The van der Waals surface area contributed by atoms with Crippen LogP contribution in [0.4, 0.5) is 18.9 Å². The maximum absolute atomic E-state index is 13.0. The number of ether oxygens (including phenoxy) is 1. The summed E-state index contributed by atoms with van der Waals surface area (Å²) in [6, 6.07) is 11.1. The molecule has 1 N–H and O–H groups in total. The molecule has 2 aromatic carbocycles. The molecule has 6 nitrogen and oxygen atoms in total. The van der Waals surface area contributed by atoms with Crippen LogP contribution in [0.2, 0.25) is 0 Å². The topological polar surface area (TPSA) is 53.5 Å². The summed E-state index contributed by atoms with van der Waals surface area (Å²) < 4.78 is 45.9. The summed E-state index contributed by atoms with van der Waals surface area (Å²) in [4.78, 5) is 19.5. The Morgan fingerprint density at radius 2 is 1.75 bits per heavy atom. The van der Waals surface area contributed by atoms with Crippen LogP contribution in [-0.4, -0.2) is 54.3 Å². The quantitative estimate of drug-likeness (QED) is 0.556. The van der Waals surface area contributed by atoms with Gasteiger partial charge >= 0.3 is 11.9 Å². The van der Waals surface area contributed by atoms with Gasteiger partial charge in [0.25, 0.3) is 0 Å². The summed E-state index contributed by atoms with van der Waals surface area (Å²) in [7, 11) is 1.60. The zero-order valence-electron chi connectivity index (χ0n) is 18.0. The number of imidazole rings is 1. The van der Waals surface area contributed by atoms with Gasteiger partial charge in [-0.05, 0) is 49.7 Å². The molecule has 1 aromatic heterocycles. The molecule has 4 rings (SSSR count). The SMILES string of the molecule is COc1ccc2[nH]c(=O)n(CCCCN3CCN(c4cccc(C(F)(F)F)c4)CC3)c2c1. The van der Waals surface area contributed by atoms with Gasteiger partial charge in [-0.15, -0.1) is 0 Å². The summed E-state index contributed by atoms with van der Waals surface area (Å²) >= 11 is 0. The molecule has 9 heteroatoms. The van der Waals surface area contributed by atoms with Crippen molar-refractivity contribution in [2.75, 3.05) is 44.7 Å². The van der Waals surface area contributed by atoms with Crippen molar-refractivity contribution >= 4 is 16.7 Å². The smallest absolute Gasteiger partial charge is 0.416 e. The number of fused-ring (bicyclic) bond motifs is 1. The van der Waals surface area contributed by atoms with Gasteiger partial charge < -0.3 is 14.6 Å². The van der Waals surface area contributed by atoms with Crippen LogP contribution in [0.15, 0.2) is 47.3 Å². The van der Waals surface area contributed by atoms with Crippen molar-refractivity contribution in [3.05, 3.63) is 58.5 Å². The summed E-state index contributed by atoms with van der Waals surface area (Å²) in [6.45, 7) is 4.53. The predicted molar refractivity (Wildman–Crippen MR) is 118 cm³/mol. The maximum Gasteiger partial charge on any atom is 0.416 e. The third kappa shape index (κ3) is 4.93. The first-order valence-electron chi connectivity index (χ1n) is 10.8. The van der Waals surface area contributed by atoms with E-state index in [0.29, 0.717) is 31.1 Å². The van der Waals surface area contributed by atoms with E-state index in [1.165, 1.54) is 12.1 Å². The first-order valence-corrected chi connectivity index (χ1v) is 10.8. The van der Waals surface area contributed by atoms with E-state index >= 15 is 0 Å². The van der Waals surface area contributed by atoms with E-state index in [1.54, 1.807) is 17.7 Å². The molecule has 1 saturated heterocycles. The number of aromatic nitrogens is 2. The fourth-order valence-corrected chi connectivity index (χ4v) is 4.20. The Hall–Kier alpha value is -2.94. The molecular formula is C23H27F3N4O2. The lowest BCUT2D eigenvalue weighted by Crippen LogP contribution is -2.46. The number of benzene rings is 2. The number of anilines is 1. The number of nitrogens with one attached hydrogen (secondary N) is 1. The molecule has 0 aliphatic carbocycles. The van der Waals surface area contributed by atoms with Gasteiger partial charge in [0.2, 0.25) is 0 Å². The molecule has 2 heterocycles. The molecular weight excluding hydrogens is 421 g/mol. The van der Waals surface area contributed by atoms with Gasteiger partial charge in [0, 0.05) is 44.5 Å². The molecule has 172 valence electrons. The molecule has 0 unspecified atom stereocenters. The minimum atomic E-state index is -4.32. The summed E-state index contributed by atoms with van der Waals surface area (Å²) in [5, 5.41) is 0. The molecule has 0 spiro atoms. The van der Waals surface area contributed by atoms with Gasteiger partial charge in [-0.2, -0.15) is 13.2 Å². The third-order valence-electron chi connectivity index (χ3n) is 6.00. The molecule has 1 fully saturated rings. The lowest BCUT2D eigenvalue weighted by atomic mass is 10.1. The van der Waals surface area contributed by atoms with E-state index in [2.05, 4.69) is 9.88 Å². The molecule has 32 heavy (non-hydrogen) atoms. The molecule has 0 atom stereocenters. The largest absolute Gasteiger partial charge is 0.497 e. The number of aryl methyl sites for hydroxylation is 1. The van der Waals surface area contributed by atoms with Gasteiger partial charge in [0.05, 0.1) is 23.7 Å². The van der Waals surface area contributed by atoms with Crippen LogP contribution < -0.4 is 15.3 Å². The lowest BCUT2D eigenvalue weighted by Gasteiger charge is -2.36. The van der Waals surface area contributed by atoms with Crippen LogP contribution >= 0.6 is 0 Å². The first kappa shape index (κ1) is 22.3. The lowest BCUT2D eigenvalue weighted by molar-refractivity contribution is -0.137. The number of rotatable bonds is 7. The average molecular weight is 448 g/mol. The number of nitrogens with zero attached hydrogens (tertiary/aromatic N) is 3. The molecule has 0 saturated carbocycles. The third-order valence-corrected chi connectivity index (χ3v) is 6.00. The minimum absolute atomic E-state index is 0.122. The zero-order valence-corrected chi connectivity index (χ0v) is 18.0. The van der Waals surface area contributed by atoms with E-state index in [0.717, 1.165) is 49.6 Å². The molecule has 3 aromatic rings. The number of unbranched alkanes of at least 4 members (excludes halogenated alkanes) is 1. The van der Waals surface area contributed by atoms with Crippen LogP contribution in [0.3, 0.4) is 0 Å². The number of H-pyrrole nitrogens is 1. The van der Waals surface area contributed by atoms with Gasteiger partial charge in [-0.25, -0.2) is 4.79 Å². The second kappa shape index (κ2) is 9.28. The second-order valence-electron chi connectivity index (χ2n) is 8.05. The zero-order chi connectivity index (χ0) is 22.7. The Morgan fingerprint density at radius 1 is 1.00 bits per heavy atom. The Labute approximate surface area is 184 Å². The van der Waals surface area contributed by atoms with Crippen LogP contribution in [0.1, 0.15) is 18.4 Å². The molecule has 1 aliphatic heterocycles. The van der Waals surface area contributed by atoms with Crippen molar-refractivity contribution < 1.29 is 17.9 Å². The number of hydrogen-bond acceptors (Lipinski definition) is 4. The van der Waals surface area contributed by atoms with E-state index in [4.69, 9.17) is 4.74 Å². The van der Waals surface area contributed by atoms with Crippen LogP contribution in [0.5, 0.6) is 5.75 Å². The number of piperazine rings is 1. The van der Waals surface area contributed by atoms with Crippen molar-refractivity contribution in [1.82, 2.24) is 14.5 Å². The highest BCUT2D eigenvalue weighted by Crippen LogP contribution is 2.31. The van der Waals surface area contributed by atoms with Crippen LogP contribution in [-0.2, 0) is 12.7 Å². The number of alkyl halides is 3. The van der Waals surface area contributed by atoms with Crippen molar-refractivity contribution in [1.29, 1.82) is 0 Å². The standard InChI is InChI=1S/C23H27F3N4O2/c1-32-19-7-8-20-21(16-19)30(22(31)27-20)10-3-2-9-28-11-13-29(14-12-28)18-6-4-5-17(15-18)23(24,25)26/h4-8,15-16H,2-3,9-14H2,1H3,(H,27,31). The second-order valence-corrected chi connectivity index (χ2v) is 8.05. The number of methoxy groups -OCH3 is 1. The Balaban J connectivity index is 1.26. The summed E-state index contributed by atoms with van der Waals surface area (Å²) in [6.07, 6.45) is -2.53. The highest BCUT2D eigenvalue weighted by atomic mass is 19.4. The van der Waals surface area contributed by atoms with Gasteiger partial charge in [-0.1, -0.05) is 6.07 Å². The minimum Gasteiger partial charge on any atom is -0.497 e. The summed E-state index contributed by atoms with van der Waals surface area (Å²) in [5.41, 5.74) is 1.52. The van der Waals surface area contributed by atoms with Crippen molar-refractivity contribution in [3.8, 4) is 5.75 Å². The predicted octanol–water partition coefficient (Wildman–Crippen LogP) is 3.96. The fraction of sp³-hybridized carbons (Fsp3) is 0.435. The first-order chi connectivity index (χ1) is 15.3. The van der Waals surface area contributed by atoms with Crippen LogP contribution in [0.25, 0.3) is 11.0 Å². The highest BCUT2D eigenvalue weighted by Gasteiger charge is 2.31. The van der Waals surface area contributed by atoms with E-state index in [9.17, 15) is 18.0 Å². The monoisotopic (exact) mass is 448 g/mol. The Kier molecular flexibility index (Phi) is 6.45. The van der Waals surface area contributed by atoms with Gasteiger partial charge in [-0.3, -0.25) is 9.47 Å². The molecule has 1 aliphatic rings. The van der Waals surface area contributed by atoms with Gasteiger partial charge in [0.15, 0.2) is 0 Å². The van der Waals surface area contributed by atoms with E-state index < -0.39 is 11.7 Å².